The molecular formula is C14H22N2. The second-order valence-corrected chi connectivity index (χ2v) is 5.80. The van der Waals surface area contributed by atoms with Crippen LogP contribution in [0.4, 0.5) is 0 Å². The fourth-order valence-corrected chi connectivity index (χ4v) is 4.67. The number of rotatable bonds is 4. The lowest BCUT2D eigenvalue weighted by Crippen LogP contribution is -2.38. The zero-order chi connectivity index (χ0) is 11.1. The third-order valence-electron chi connectivity index (χ3n) is 5.23. The lowest BCUT2D eigenvalue weighted by atomic mass is 9.95. The van der Waals surface area contributed by atoms with Gasteiger partial charge in [0.05, 0.1) is 0 Å². The van der Waals surface area contributed by atoms with E-state index in [1.807, 2.05) is 6.92 Å². The molecule has 5 unspecified atom stereocenters. The molecule has 0 radical (unpaired) electrons. The van der Waals surface area contributed by atoms with Gasteiger partial charge in [0, 0.05) is 12.5 Å². The summed E-state index contributed by atoms with van der Waals surface area (Å²) in [6, 6.07) is 0.527. The van der Waals surface area contributed by atoms with Crippen LogP contribution in [0.1, 0.15) is 39.0 Å². The van der Waals surface area contributed by atoms with Crippen molar-refractivity contribution < 1.29 is 0 Å². The molecule has 0 amide bonds. The van der Waals surface area contributed by atoms with Crippen molar-refractivity contribution in [1.82, 2.24) is 5.43 Å². The predicted octanol–water partition coefficient (Wildman–Crippen LogP) is 1.91. The van der Waals surface area contributed by atoms with Crippen LogP contribution in [0.15, 0.2) is 0 Å². The van der Waals surface area contributed by atoms with Crippen LogP contribution in [0.5, 0.6) is 0 Å². The number of hydrogen-bond acceptors (Lipinski definition) is 2. The van der Waals surface area contributed by atoms with Gasteiger partial charge in [-0.2, -0.15) is 0 Å². The van der Waals surface area contributed by atoms with E-state index in [2.05, 4.69) is 17.3 Å². The Balaban J connectivity index is 1.58. The van der Waals surface area contributed by atoms with Crippen molar-refractivity contribution in [1.29, 1.82) is 0 Å². The molecule has 3 aliphatic rings. The van der Waals surface area contributed by atoms with E-state index in [1.54, 1.807) is 0 Å². The Morgan fingerprint density at radius 3 is 2.56 bits per heavy atom. The number of fused-ring (bicyclic) bond motifs is 5. The van der Waals surface area contributed by atoms with Crippen LogP contribution in [0.3, 0.4) is 0 Å². The van der Waals surface area contributed by atoms with Crippen LogP contribution < -0.4 is 11.3 Å². The Morgan fingerprint density at radius 2 is 2.00 bits per heavy atom. The van der Waals surface area contributed by atoms with Gasteiger partial charge in [0.15, 0.2) is 0 Å². The molecule has 5 atom stereocenters. The van der Waals surface area contributed by atoms with E-state index in [4.69, 9.17) is 5.84 Å². The van der Waals surface area contributed by atoms with Crippen LogP contribution in [0.25, 0.3) is 0 Å². The molecule has 0 aromatic heterocycles. The van der Waals surface area contributed by atoms with E-state index in [1.165, 1.54) is 19.3 Å². The monoisotopic (exact) mass is 218 g/mol. The van der Waals surface area contributed by atoms with Gasteiger partial charge in [-0.15, -0.1) is 11.8 Å². The Kier molecular flexibility index (Phi) is 2.69. The van der Waals surface area contributed by atoms with E-state index < -0.39 is 0 Å². The van der Waals surface area contributed by atoms with Crippen molar-refractivity contribution in [3.8, 4) is 11.8 Å². The summed E-state index contributed by atoms with van der Waals surface area (Å²) in [6.45, 7) is 1.91. The smallest absolute Gasteiger partial charge is 0.0253 e. The second-order valence-electron chi connectivity index (χ2n) is 5.80. The molecule has 88 valence electrons. The normalized spacial score (nSPS) is 44.8. The average Bonchev–Trinajstić information content (AvgIpc) is 2.73. The molecule has 16 heavy (non-hydrogen) atoms. The molecule has 3 fully saturated rings. The first-order chi connectivity index (χ1) is 7.86. The maximum Gasteiger partial charge on any atom is 0.0253 e. The summed E-state index contributed by atoms with van der Waals surface area (Å²) >= 11 is 0. The highest BCUT2D eigenvalue weighted by Crippen LogP contribution is 2.70. The Morgan fingerprint density at radius 1 is 1.31 bits per heavy atom. The lowest BCUT2D eigenvalue weighted by Gasteiger charge is -2.18. The average molecular weight is 218 g/mol. The van der Waals surface area contributed by atoms with E-state index >= 15 is 0 Å². The molecule has 0 aromatic carbocycles. The summed E-state index contributed by atoms with van der Waals surface area (Å²) in [5, 5.41) is 0. The summed E-state index contributed by atoms with van der Waals surface area (Å²) in [6.07, 6.45) is 6.64. The number of hydrogen-bond donors (Lipinski definition) is 2. The third kappa shape index (κ3) is 1.49. The minimum Gasteiger partial charge on any atom is -0.271 e. The molecular weight excluding hydrogens is 196 g/mol. The van der Waals surface area contributed by atoms with E-state index in [-0.39, 0.29) is 0 Å². The van der Waals surface area contributed by atoms with Gasteiger partial charge >= 0.3 is 0 Å². The molecule has 3 N–H and O–H groups in total. The Labute approximate surface area is 98.3 Å². The SMILES string of the molecule is CC#CCCC(NN)C1C2C3CCC(C3)C21. The largest absolute Gasteiger partial charge is 0.271 e. The van der Waals surface area contributed by atoms with Gasteiger partial charge in [-0.05, 0) is 62.2 Å². The molecule has 2 heteroatoms. The van der Waals surface area contributed by atoms with Crippen molar-refractivity contribution in [2.24, 2.45) is 35.4 Å². The molecule has 0 aliphatic heterocycles. The lowest BCUT2D eigenvalue weighted by molar-refractivity contribution is 0.354. The topological polar surface area (TPSA) is 38.0 Å². The molecule has 2 nitrogen and oxygen atoms in total. The van der Waals surface area contributed by atoms with E-state index in [0.717, 1.165) is 42.4 Å². The van der Waals surface area contributed by atoms with Crippen molar-refractivity contribution in [3.05, 3.63) is 0 Å². The van der Waals surface area contributed by atoms with Gasteiger partial charge in [0.25, 0.3) is 0 Å². The Bertz CT molecular complexity index is 311. The van der Waals surface area contributed by atoms with Gasteiger partial charge in [-0.3, -0.25) is 11.3 Å². The zero-order valence-electron chi connectivity index (χ0n) is 10.1. The number of hydrazine groups is 1. The number of nitrogens with one attached hydrogen (secondary N) is 1. The first kappa shape index (κ1) is 10.6. The van der Waals surface area contributed by atoms with Crippen LogP contribution in [-0.4, -0.2) is 6.04 Å². The maximum absolute atomic E-state index is 5.71. The van der Waals surface area contributed by atoms with Gasteiger partial charge in [0.2, 0.25) is 0 Å². The van der Waals surface area contributed by atoms with Crippen molar-refractivity contribution in [2.45, 2.75) is 45.1 Å². The van der Waals surface area contributed by atoms with Gasteiger partial charge in [-0.1, -0.05) is 0 Å². The quantitative estimate of drug-likeness (QED) is 0.430. The minimum atomic E-state index is 0.527. The molecule has 3 rings (SSSR count). The van der Waals surface area contributed by atoms with Gasteiger partial charge in [0.1, 0.15) is 0 Å². The molecule has 0 aromatic rings. The highest BCUT2D eigenvalue weighted by molar-refractivity contribution is 5.15. The molecule has 0 heterocycles. The zero-order valence-corrected chi connectivity index (χ0v) is 10.1. The first-order valence-corrected chi connectivity index (χ1v) is 6.72. The van der Waals surface area contributed by atoms with Crippen LogP contribution in [0, 0.1) is 41.4 Å². The standard InChI is InChI=1S/C14H22N2/c1-2-3-4-5-11(16-15)14-12-9-6-7-10(8-9)13(12)14/h9-14,16H,4-8,15H2,1H3. The third-order valence-corrected chi connectivity index (χ3v) is 5.23. The van der Waals surface area contributed by atoms with Gasteiger partial charge < -0.3 is 0 Å². The Hall–Kier alpha value is -0.520. The van der Waals surface area contributed by atoms with Crippen LogP contribution >= 0.6 is 0 Å². The summed E-state index contributed by atoms with van der Waals surface area (Å²) in [5.74, 6) is 16.9. The molecule has 0 spiro atoms. The van der Waals surface area contributed by atoms with Crippen molar-refractivity contribution in [3.63, 3.8) is 0 Å². The highest BCUT2D eigenvalue weighted by atomic mass is 15.2. The summed E-state index contributed by atoms with van der Waals surface area (Å²) in [4.78, 5) is 0. The van der Waals surface area contributed by atoms with E-state index in [9.17, 15) is 0 Å². The fraction of sp³-hybridized carbons (Fsp3) is 0.857. The number of nitrogens with two attached hydrogens (primary N) is 1. The van der Waals surface area contributed by atoms with Crippen LogP contribution in [0.2, 0.25) is 0 Å². The molecule has 0 saturated heterocycles. The maximum atomic E-state index is 5.71. The molecule has 2 bridgehead atoms. The summed E-state index contributed by atoms with van der Waals surface area (Å²) in [5.41, 5.74) is 3.05. The minimum absolute atomic E-state index is 0.527. The molecule has 3 saturated carbocycles. The van der Waals surface area contributed by atoms with Crippen molar-refractivity contribution in [2.75, 3.05) is 0 Å². The highest BCUT2D eigenvalue weighted by Gasteiger charge is 2.66. The summed E-state index contributed by atoms with van der Waals surface area (Å²) < 4.78 is 0. The van der Waals surface area contributed by atoms with E-state index in [0.29, 0.717) is 6.04 Å². The first-order valence-electron chi connectivity index (χ1n) is 6.72. The summed E-state index contributed by atoms with van der Waals surface area (Å²) in [7, 11) is 0. The molecule has 3 aliphatic carbocycles. The van der Waals surface area contributed by atoms with Crippen LogP contribution in [-0.2, 0) is 0 Å². The van der Waals surface area contributed by atoms with Gasteiger partial charge in [-0.25, -0.2) is 0 Å². The van der Waals surface area contributed by atoms with Crippen molar-refractivity contribution >= 4 is 0 Å². The fourth-order valence-electron chi connectivity index (χ4n) is 4.67. The second kappa shape index (κ2) is 4.05. The predicted molar refractivity (Wildman–Crippen MR) is 65.1 cm³/mol.